The van der Waals surface area contributed by atoms with E-state index in [0.29, 0.717) is 24.7 Å². The molecule has 1 aromatic rings. The molecule has 0 aromatic heterocycles. The second kappa shape index (κ2) is 8.26. The van der Waals surface area contributed by atoms with Crippen molar-refractivity contribution in [3.05, 3.63) is 29.8 Å². The number of alkyl halides is 3. The van der Waals surface area contributed by atoms with Gasteiger partial charge in [0.05, 0.1) is 0 Å². The third-order valence-electron chi connectivity index (χ3n) is 4.99. The average molecular weight is 371 g/mol. The number of hydrogen-bond donors (Lipinski definition) is 1. The number of rotatable bonds is 5. The molecule has 0 radical (unpaired) electrons. The zero-order valence-corrected chi connectivity index (χ0v) is 14.6. The number of carbonyl (C=O) groups is 1. The first-order chi connectivity index (χ1) is 12.4. The van der Waals surface area contributed by atoms with E-state index >= 15 is 0 Å². The van der Waals surface area contributed by atoms with E-state index in [1.807, 2.05) is 4.90 Å². The number of piperazine rings is 1. The highest BCUT2D eigenvalue weighted by Gasteiger charge is 2.33. The molecule has 144 valence electrons. The molecular formula is C18H24F3N3O2. The molecule has 1 N–H and O–H groups in total. The third-order valence-corrected chi connectivity index (χ3v) is 4.99. The molecule has 2 saturated heterocycles. The maximum Gasteiger partial charge on any atom is 0.573 e. The monoisotopic (exact) mass is 371 g/mol. The number of halogens is 3. The molecule has 1 aromatic carbocycles. The number of nitrogens with one attached hydrogen (secondary N) is 1. The van der Waals surface area contributed by atoms with Crippen molar-refractivity contribution in [2.45, 2.75) is 31.7 Å². The second-order valence-corrected chi connectivity index (χ2v) is 6.72. The van der Waals surface area contributed by atoms with Gasteiger partial charge in [-0.05, 0) is 24.5 Å². The number of nitrogens with zero attached hydrogens (tertiary/aromatic N) is 2. The normalized spacial score (nSPS) is 21.8. The van der Waals surface area contributed by atoms with Crippen LogP contribution in [0.25, 0.3) is 0 Å². The van der Waals surface area contributed by atoms with Gasteiger partial charge in [0.1, 0.15) is 5.75 Å². The summed E-state index contributed by atoms with van der Waals surface area (Å²) in [5.41, 5.74) is 0.399. The van der Waals surface area contributed by atoms with Gasteiger partial charge in [-0.3, -0.25) is 9.69 Å². The fraction of sp³-hybridized carbons (Fsp3) is 0.611. The van der Waals surface area contributed by atoms with Gasteiger partial charge >= 0.3 is 6.36 Å². The van der Waals surface area contributed by atoms with Crippen molar-refractivity contribution in [3.63, 3.8) is 0 Å². The maximum absolute atomic E-state index is 12.5. The molecule has 1 unspecified atom stereocenters. The molecule has 0 spiro atoms. The van der Waals surface area contributed by atoms with Crippen LogP contribution in [0.2, 0.25) is 0 Å². The number of para-hydroxylation sites is 1. The van der Waals surface area contributed by atoms with Crippen molar-refractivity contribution in [3.8, 4) is 5.75 Å². The molecule has 3 rings (SSSR count). The molecule has 2 heterocycles. The summed E-state index contributed by atoms with van der Waals surface area (Å²) < 4.78 is 41.5. The minimum Gasteiger partial charge on any atom is -0.406 e. The zero-order chi connectivity index (χ0) is 18.6. The Bertz CT molecular complexity index is 618. The highest BCUT2D eigenvalue weighted by molar-refractivity contribution is 5.77. The number of hydrogen-bond acceptors (Lipinski definition) is 4. The fourth-order valence-electron chi connectivity index (χ4n) is 3.65. The lowest BCUT2D eigenvalue weighted by Crippen LogP contribution is -2.49. The first-order valence-corrected chi connectivity index (χ1v) is 8.98. The first-order valence-electron chi connectivity index (χ1n) is 8.98. The van der Waals surface area contributed by atoms with E-state index < -0.39 is 6.36 Å². The van der Waals surface area contributed by atoms with Crippen LogP contribution in [0, 0.1) is 0 Å². The largest absolute Gasteiger partial charge is 0.573 e. The summed E-state index contributed by atoms with van der Waals surface area (Å²) in [4.78, 5) is 16.7. The standard InChI is InChI=1S/C18H24F3N3O2/c19-18(20,21)26-16-4-2-1-3-14(16)5-6-17(25)24-10-7-15(13-24)23-11-8-22-9-12-23/h1-4,15,22H,5-13H2. The number of likely N-dealkylation sites (tertiary alicyclic amines) is 1. The number of amides is 1. The number of carbonyl (C=O) groups excluding carboxylic acids is 1. The summed E-state index contributed by atoms with van der Waals surface area (Å²) >= 11 is 0. The van der Waals surface area contributed by atoms with E-state index in [1.165, 1.54) is 12.1 Å². The Morgan fingerprint density at radius 1 is 1.19 bits per heavy atom. The van der Waals surface area contributed by atoms with Crippen LogP contribution in [-0.4, -0.2) is 67.4 Å². The fourth-order valence-corrected chi connectivity index (χ4v) is 3.65. The molecular weight excluding hydrogens is 347 g/mol. The molecule has 8 heteroatoms. The number of aryl methyl sites for hydroxylation is 1. The quantitative estimate of drug-likeness (QED) is 0.860. The Kier molecular flexibility index (Phi) is 6.03. The van der Waals surface area contributed by atoms with Crippen LogP contribution in [0.3, 0.4) is 0 Å². The summed E-state index contributed by atoms with van der Waals surface area (Å²) in [5, 5.41) is 3.32. The number of ether oxygens (including phenoxy) is 1. The summed E-state index contributed by atoms with van der Waals surface area (Å²) in [6, 6.07) is 6.39. The SMILES string of the molecule is O=C(CCc1ccccc1OC(F)(F)F)N1CCC(N2CCNCC2)C1. The molecule has 2 fully saturated rings. The van der Waals surface area contributed by atoms with E-state index in [2.05, 4.69) is 15.0 Å². The molecule has 26 heavy (non-hydrogen) atoms. The maximum atomic E-state index is 12.5. The van der Waals surface area contributed by atoms with Crippen LogP contribution in [0.5, 0.6) is 5.75 Å². The molecule has 1 amide bonds. The highest BCUT2D eigenvalue weighted by Crippen LogP contribution is 2.27. The lowest BCUT2D eigenvalue weighted by Gasteiger charge is -2.32. The molecule has 0 aliphatic carbocycles. The molecule has 2 aliphatic heterocycles. The third kappa shape index (κ3) is 5.11. The molecule has 0 saturated carbocycles. The van der Waals surface area contributed by atoms with Gasteiger partial charge < -0.3 is 15.0 Å². The first kappa shape index (κ1) is 19.0. The van der Waals surface area contributed by atoms with Gasteiger partial charge in [-0.25, -0.2) is 0 Å². The van der Waals surface area contributed by atoms with E-state index in [9.17, 15) is 18.0 Å². The smallest absolute Gasteiger partial charge is 0.406 e. The van der Waals surface area contributed by atoms with Gasteiger partial charge in [0.25, 0.3) is 0 Å². The van der Waals surface area contributed by atoms with Crippen LogP contribution < -0.4 is 10.1 Å². The topological polar surface area (TPSA) is 44.8 Å². The van der Waals surface area contributed by atoms with Crippen molar-refractivity contribution in [2.75, 3.05) is 39.3 Å². The van der Waals surface area contributed by atoms with Crippen molar-refractivity contribution in [1.29, 1.82) is 0 Å². The minimum atomic E-state index is -4.73. The predicted molar refractivity (Wildman–Crippen MR) is 90.9 cm³/mol. The van der Waals surface area contributed by atoms with Crippen molar-refractivity contribution in [2.24, 2.45) is 0 Å². The Morgan fingerprint density at radius 3 is 2.65 bits per heavy atom. The molecule has 5 nitrogen and oxygen atoms in total. The summed E-state index contributed by atoms with van der Waals surface area (Å²) in [6.07, 6.45) is -3.35. The Balaban J connectivity index is 1.52. The van der Waals surface area contributed by atoms with Gasteiger partial charge in [0.2, 0.25) is 5.91 Å². The lowest BCUT2D eigenvalue weighted by atomic mass is 10.1. The highest BCUT2D eigenvalue weighted by atomic mass is 19.4. The van der Waals surface area contributed by atoms with Crippen LogP contribution in [-0.2, 0) is 11.2 Å². The van der Waals surface area contributed by atoms with Crippen LogP contribution in [0.15, 0.2) is 24.3 Å². The lowest BCUT2D eigenvalue weighted by molar-refractivity contribution is -0.274. The van der Waals surface area contributed by atoms with Crippen LogP contribution in [0.4, 0.5) is 13.2 Å². The average Bonchev–Trinajstić information content (AvgIpc) is 3.10. The van der Waals surface area contributed by atoms with Gasteiger partial charge in [-0.15, -0.1) is 13.2 Å². The van der Waals surface area contributed by atoms with Gasteiger partial charge in [-0.2, -0.15) is 0 Å². The summed E-state index contributed by atoms with van der Waals surface area (Å²) in [6.45, 7) is 5.36. The van der Waals surface area contributed by atoms with Crippen molar-refractivity contribution < 1.29 is 22.7 Å². The van der Waals surface area contributed by atoms with Crippen LogP contribution >= 0.6 is 0 Å². The van der Waals surface area contributed by atoms with E-state index in [0.717, 1.165) is 32.6 Å². The van der Waals surface area contributed by atoms with Gasteiger partial charge in [0, 0.05) is 51.7 Å². The van der Waals surface area contributed by atoms with E-state index in [1.54, 1.807) is 12.1 Å². The Morgan fingerprint density at radius 2 is 1.92 bits per heavy atom. The summed E-state index contributed by atoms with van der Waals surface area (Å²) in [7, 11) is 0. The zero-order valence-electron chi connectivity index (χ0n) is 14.6. The predicted octanol–water partition coefficient (Wildman–Crippen LogP) is 2.02. The number of benzene rings is 1. The van der Waals surface area contributed by atoms with Gasteiger partial charge in [0.15, 0.2) is 0 Å². The molecule has 0 bridgehead atoms. The Labute approximate surface area is 151 Å². The second-order valence-electron chi connectivity index (χ2n) is 6.72. The molecule has 1 atom stereocenters. The Hall–Kier alpha value is -1.80. The van der Waals surface area contributed by atoms with E-state index in [-0.39, 0.29) is 24.5 Å². The van der Waals surface area contributed by atoms with Crippen molar-refractivity contribution >= 4 is 5.91 Å². The minimum absolute atomic E-state index is 0.00977. The summed E-state index contributed by atoms with van der Waals surface area (Å²) in [5.74, 6) is -0.239. The van der Waals surface area contributed by atoms with Crippen LogP contribution in [0.1, 0.15) is 18.4 Å². The van der Waals surface area contributed by atoms with Gasteiger partial charge in [-0.1, -0.05) is 18.2 Å². The van der Waals surface area contributed by atoms with E-state index in [4.69, 9.17) is 0 Å². The molecule has 2 aliphatic rings. The van der Waals surface area contributed by atoms with Crippen molar-refractivity contribution in [1.82, 2.24) is 15.1 Å².